The van der Waals surface area contributed by atoms with Gasteiger partial charge in [0.25, 0.3) is 0 Å². The first-order valence-corrected chi connectivity index (χ1v) is 23.7. The molecule has 0 bridgehead atoms. The molecule has 0 spiro atoms. The van der Waals surface area contributed by atoms with Crippen LogP contribution in [0.3, 0.4) is 0 Å². The van der Waals surface area contributed by atoms with Crippen molar-refractivity contribution in [3.8, 4) is 0 Å². The third kappa shape index (κ3) is 41.4. The maximum Gasteiger partial charge on any atom is 0.472 e. The molecule has 11 heteroatoms. The average molecular weight is 847 g/mol. The van der Waals surface area contributed by atoms with E-state index in [1.165, 1.54) is 25.7 Å². The second-order valence-corrected chi connectivity index (χ2v) is 15.7. The molecule has 0 amide bonds. The summed E-state index contributed by atoms with van der Waals surface area (Å²) in [5.41, 5.74) is 0. The number of ether oxygens (including phenoxy) is 2. The largest absolute Gasteiger partial charge is 0.472 e. The van der Waals surface area contributed by atoms with Crippen molar-refractivity contribution in [2.45, 2.75) is 167 Å². The average Bonchev–Trinajstić information content (AvgIpc) is 3.22. The van der Waals surface area contributed by atoms with E-state index in [0.29, 0.717) is 12.8 Å². The lowest BCUT2D eigenvalue weighted by Crippen LogP contribution is -2.28. The molecule has 3 atom stereocenters. The lowest BCUT2D eigenvalue weighted by atomic mass is 10.1. The van der Waals surface area contributed by atoms with Gasteiger partial charge in [0.1, 0.15) is 12.2 Å². The number of phosphoric acid groups is 1. The number of hydrogen-bond donors (Lipinski definition) is 3. The Morgan fingerprint density at radius 1 is 0.458 bits per heavy atom. The molecule has 10 nitrogen and oxygen atoms in total. The van der Waals surface area contributed by atoms with Crippen LogP contribution in [-0.4, -0.2) is 65.7 Å². The molecule has 336 valence electrons. The van der Waals surface area contributed by atoms with Crippen molar-refractivity contribution in [3.05, 3.63) is 97.2 Å². The first kappa shape index (κ1) is 55.9. The lowest BCUT2D eigenvalue weighted by Gasteiger charge is -2.20. The molecule has 0 aliphatic carbocycles. The van der Waals surface area contributed by atoms with E-state index < -0.39 is 58.4 Å². The molecular formula is C48H79O10P. The highest BCUT2D eigenvalue weighted by Gasteiger charge is 2.27. The molecule has 0 aliphatic rings. The standard InChI is InChI=1S/C48H79O10P/c1-3-5-7-9-11-13-15-17-19-20-21-22-23-24-26-28-30-32-34-36-38-40-48(52)58-46(42-50)44-56-59(53,54)55-43-45(41-49)57-47(51)39-37-35-33-31-29-27-25-18-16-14-12-10-8-6-4-2/h5-8,11-14,17-19,21-22,25,29,31,45-46,49-50H,3-4,9-10,15-16,20,23-24,26-28,30,32-44H2,1-2H3,(H,53,54)/b7-5-,8-6-,13-11-,14-12-,19-17-,22-21-,25-18-,31-29-. The summed E-state index contributed by atoms with van der Waals surface area (Å²) in [6, 6.07) is 0. The van der Waals surface area contributed by atoms with E-state index in [0.717, 1.165) is 89.9 Å². The number of esters is 2. The summed E-state index contributed by atoms with van der Waals surface area (Å²) in [6.07, 6.45) is 52.4. The van der Waals surface area contributed by atoms with Crippen molar-refractivity contribution >= 4 is 19.8 Å². The van der Waals surface area contributed by atoms with Gasteiger partial charge in [0, 0.05) is 12.8 Å². The lowest BCUT2D eigenvalue weighted by molar-refractivity contribution is -0.153. The third-order valence-corrected chi connectivity index (χ3v) is 9.74. The zero-order valence-electron chi connectivity index (χ0n) is 36.4. The Bertz CT molecular complexity index is 1300. The smallest absolute Gasteiger partial charge is 0.457 e. The second-order valence-electron chi connectivity index (χ2n) is 14.3. The molecule has 3 unspecified atom stereocenters. The molecule has 0 aromatic heterocycles. The van der Waals surface area contributed by atoms with Gasteiger partial charge in [-0.1, -0.05) is 150 Å². The summed E-state index contributed by atoms with van der Waals surface area (Å²) >= 11 is 0. The Labute approximate surface area is 357 Å². The Hall–Kier alpha value is -3.11. The fraction of sp³-hybridized carbons (Fsp3) is 0.625. The molecule has 0 aromatic rings. The monoisotopic (exact) mass is 847 g/mol. The Morgan fingerprint density at radius 2 is 0.746 bits per heavy atom. The molecule has 0 fully saturated rings. The molecular weight excluding hydrogens is 767 g/mol. The van der Waals surface area contributed by atoms with Crippen LogP contribution in [0.4, 0.5) is 0 Å². The fourth-order valence-corrected chi connectivity index (χ4v) is 6.23. The quantitative estimate of drug-likeness (QED) is 0.0235. The van der Waals surface area contributed by atoms with Gasteiger partial charge in [-0.3, -0.25) is 18.6 Å². The molecule has 0 radical (unpaired) electrons. The first-order valence-electron chi connectivity index (χ1n) is 22.2. The number of aliphatic hydroxyl groups is 2. The molecule has 0 saturated carbocycles. The van der Waals surface area contributed by atoms with E-state index in [9.17, 15) is 29.3 Å². The van der Waals surface area contributed by atoms with E-state index in [1.54, 1.807) is 0 Å². The summed E-state index contributed by atoms with van der Waals surface area (Å²) in [5, 5.41) is 19.2. The van der Waals surface area contributed by atoms with Gasteiger partial charge in [-0.25, -0.2) is 4.57 Å². The van der Waals surface area contributed by atoms with Crippen LogP contribution in [0.15, 0.2) is 97.2 Å². The number of aliphatic hydroxyl groups excluding tert-OH is 2. The molecule has 59 heavy (non-hydrogen) atoms. The molecule has 0 rings (SSSR count). The van der Waals surface area contributed by atoms with Crippen LogP contribution in [-0.2, 0) is 32.7 Å². The zero-order chi connectivity index (χ0) is 43.3. The van der Waals surface area contributed by atoms with E-state index in [-0.39, 0.29) is 12.8 Å². The van der Waals surface area contributed by atoms with Crippen LogP contribution in [0.25, 0.3) is 0 Å². The van der Waals surface area contributed by atoms with Crippen LogP contribution in [0.2, 0.25) is 0 Å². The predicted molar refractivity (Wildman–Crippen MR) is 242 cm³/mol. The zero-order valence-corrected chi connectivity index (χ0v) is 37.3. The number of carbonyl (C=O) groups is 2. The molecule has 0 aliphatic heterocycles. The summed E-state index contributed by atoms with van der Waals surface area (Å²) < 4.78 is 32.5. The Balaban J connectivity index is 3.98. The van der Waals surface area contributed by atoms with Crippen molar-refractivity contribution in [2.75, 3.05) is 26.4 Å². The van der Waals surface area contributed by atoms with E-state index in [4.69, 9.17) is 18.5 Å². The van der Waals surface area contributed by atoms with Gasteiger partial charge >= 0.3 is 19.8 Å². The van der Waals surface area contributed by atoms with E-state index in [2.05, 4.69) is 111 Å². The number of carbonyl (C=O) groups excluding carboxylic acids is 2. The van der Waals surface area contributed by atoms with Gasteiger partial charge < -0.3 is 24.6 Å². The van der Waals surface area contributed by atoms with Gasteiger partial charge in [0.05, 0.1) is 26.4 Å². The van der Waals surface area contributed by atoms with Crippen molar-refractivity contribution in [2.24, 2.45) is 0 Å². The molecule has 0 heterocycles. The number of allylic oxidation sites excluding steroid dienone is 16. The highest BCUT2D eigenvalue weighted by Crippen LogP contribution is 2.43. The van der Waals surface area contributed by atoms with Crippen molar-refractivity contribution in [1.82, 2.24) is 0 Å². The van der Waals surface area contributed by atoms with Crippen LogP contribution in [0.5, 0.6) is 0 Å². The van der Waals surface area contributed by atoms with Crippen molar-refractivity contribution in [1.29, 1.82) is 0 Å². The second kappa shape index (κ2) is 43.0. The predicted octanol–water partition coefficient (Wildman–Crippen LogP) is 12.0. The summed E-state index contributed by atoms with van der Waals surface area (Å²) in [5.74, 6) is -1.08. The van der Waals surface area contributed by atoms with Gasteiger partial charge in [0.15, 0.2) is 0 Å². The van der Waals surface area contributed by atoms with E-state index >= 15 is 0 Å². The third-order valence-electron chi connectivity index (χ3n) is 8.79. The minimum atomic E-state index is -4.66. The summed E-state index contributed by atoms with van der Waals surface area (Å²) in [6.45, 7) is 1.90. The van der Waals surface area contributed by atoms with Crippen LogP contribution in [0, 0.1) is 0 Å². The summed E-state index contributed by atoms with van der Waals surface area (Å²) in [4.78, 5) is 34.5. The molecule has 0 aromatic carbocycles. The minimum Gasteiger partial charge on any atom is -0.457 e. The minimum absolute atomic E-state index is 0.134. The van der Waals surface area contributed by atoms with Gasteiger partial charge in [-0.2, -0.15) is 0 Å². The molecule has 3 N–H and O–H groups in total. The van der Waals surface area contributed by atoms with Gasteiger partial charge in [0.2, 0.25) is 0 Å². The topological polar surface area (TPSA) is 149 Å². The number of rotatable bonds is 40. The van der Waals surface area contributed by atoms with E-state index in [1.807, 2.05) is 0 Å². The number of phosphoric ester groups is 1. The SMILES string of the molecule is CC/C=C\C/C=C\C/C=C\C/C=C\CCCCCCCCCCC(=O)OC(CO)COP(=O)(O)OCC(CO)OC(=O)CCCC/C=C\C/C=C\C/C=C\C/C=C\CC. The van der Waals surface area contributed by atoms with Crippen LogP contribution >= 0.6 is 7.82 Å². The van der Waals surface area contributed by atoms with Crippen LogP contribution < -0.4 is 0 Å². The van der Waals surface area contributed by atoms with Crippen molar-refractivity contribution in [3.63, 3.8) is 0 Å². The van der Waals surface area contributed by atoms with Crippen molar-refractivity contribution < 1.29 is 47.8 Å². The number of unbranched alkanes of at least 4 members (excludes halogenated alkanes) is 10. The Kier molecular flexibility index (Phi) is 40.7. The fourth-order valence-electron chi connectivity index (χ4n) is 5.45. The van der Waals surface area contributed by atoms with Gasteiger partial charge in [-0.15, -0.1) is 0 Å². The molecule has 0 saturated heterocycles. The maximum absolute atomic E-state index is 12.4. The maximum atomic E-state index is 12.4. The normalized spacial score (nSPS) is 14.7. The van der Waals surface area contributed by atoms with Gasteiger partial charge in [-0.05, 0) is 89.9 Å². The first-order chi connectivity index (χ1) is 28.8. The Morgan fingerprint density at radius 3 is 1.10 bits per heavy atom. The summed E-state index contributed by atoms with van der Waals surface area (Å²) in [7, 11) is -4.66. The van der Waals surface area contributed by atoms with Crippen LogP contribution in [0.1, 0.15) is 155 Å². The highest BCUT2D eigenvalue weighted by molar-refractivity contribution is 7.47. The highest BCUT2D eigenvalue weighted by atomic mass is 31.2. The number of hydrogen-bond acceptors (Lipinski definition) is 9.